The Hall–Kier alpha value is -4.72. The fourth-order valence-electron chi connectivity index (χ4n) is 7.88. The third-order valence-corrected chi connectivity index (χ3v) is 15.0. The molecule has 0 aliphatic heterocycles. The smallest absolute Gasteiger partial charge is 0.297 e. The molecule has 0 radical (unpaired) electrons. The van der Waals surface area contributed by atoms with Gasteiger partial charge >= 0.3 is 0 Å². The highest BCUT2D eigenvalue weighted by Crippen LogP contribution is 2.40. The molecule has 5 rings (SSSR count). The second-order valence-electron chi connectivity index (χ2n) is 19.1. The van der Waals surface area contributed by atoms with E-state index in [2.05, 4.69) is 36.4 Å². The number of aryl methyl sites for hydroxylation is 2. The summed E-state index contributed by atoms with van der Waals surface area (Å²) in [4.78, 5) is 0.257. The second kappa shape index (κ2) is 49.9. The molecule has 0 spiro atoms. The molecule has 498 valence electrons. The lowest BCUT2D eigenvalue weighted by atomic mass is 9.80. The van der Waals surface area contributed by atoms with Crippen LogP contribution in [0.15, 0.2) is 149 Å². The Kier molecular flexibility index (Phi) is 43.0. The van der Waals surface area contributed by atoms with Gasteiger partial charge in [-0.15, -0.1) is 0 Å². The minimum absolute atomic E-state index is 0.0166. The van der Waals surface area contributed by atoms with Crippen LogP contribution < -0.4 is 0 Å². The summed E-state index contributed by atoms with van der Waals surface area (Å²) in [6.07, 6.45) is 0. The van der Waals surface area contributed by atoms with Crippen LogP contribution in [0.3, 0.4) is 0 Å². The third-order valence-electron chi connectivity index (χ3n) is 12.3. The van der Waals surface area contributed by atoms with Crippen molar-refractivity contribution in [1.82, 2.24) is 0 Å². The van der Waals surface area contributed by atoms with Gasteiger partial charge in [0.25, 0.3) is 20.2 Å². The predicted molar refractivity (Wildman–Crippen MR) is 332 cm³/mol. The summed E-state index contributed by atoms with van der Waals surface area (Å²) in [5, 5.41) is 8.55. The van der Waals surface area contributed by atoms with Crippen LogP contribution in [0.25, 0.3) is 0 Å². The van der Waals surface area contributed by atoms with Crippen LogP contribution in [0.5, 0.6) is 0 Å². The van der Waals surface area contributed by atoms with Crippen molar-refractivity contribution >= 4 is 20.2 Å². The van der Waals surface area contributed by atoms with Gasteiger partial charge in [0.2, 0.25) is 0 Å². The summed E-state index contributed by atoms with van der Waals surface area (Å²) in [6, 6.07) is 43.8. The molecule has 0 aliphatic carbocycles. The Morgan fingerprint density at radius 2 is 0.472 bits per heavy atom. The van der Waals surface area contributed by atoms with Gasteiger partial charge in [-0.2, -0.15) is 16.8 Å². The van der Waals surface area contributed by atoms with Crippen LogP contribution in [0.2, 0.25) is 0 Å². The lowest BCUT2D eigenvalue weighted by molar-refractivity contribution is -0.0397. The maximum Gasteiger partial charge on any atom is 0.297 e. The standard InChI is InChI=1S/C42H54O11S.C23H40O11S/c1-37-17-19-41(20-18-37)54(43,44)53-36-34-51-32-30-49-28-26-47-24-22-45-21-23-46-25-27-48-29-31-50-33-35-52-42(38-11-5-2-6-12-38,39-13-7-3-8-14-39)40-15-9-4-10-16-40;1-22-2-4-23(5-3-22)35(25,26)34-21-20-33-19-18-32-17-16-31-15-14-30-13-12-29-11-10-28-9-8-27-7-6-24/h2-20H,21-36H2,1H3;2-5,24H,6-21H2,1H3. The molecule has 0 unspecified atom stereocenters. The molecule has 24 heteroatoms. The number of aliphatic hydroxyl groups excluding tert-OH is 1. The zero-order valence-electron chi connectivity index (χ0n) is 51.7. The first-order chi connectivity index (χ1) is 43.6. The van der Waals surface area contributed by atoms with E-state index < -0.39 is 25.8 Å². The van der Waals surface area contributed by atoms with E-state index in [4.69, 9.17) is 84.5 Å². The van der Waals surface area contributed by atoms with Crippen molar-refractivity contribution in [3.63, 3.8) is 0 Å². The van der Waals surface area contributed by atoms with Gasteiger partial charge in [-0.25, -0.2) is 0 Å². The van der Waals surface area contributed by atoms with Gasteiger partial charge in [-0.05, 0) is 54.8 Å². The molecule has 0 amide bonds. The molecule has 0 saturated carbocycles. The normalized spacial score (nSPS) is 11.9. The zero-order chi connectivity index (χ0) is 63.5. The van der Waals surface area contributed by atoms with E-state index in [0.29, 0.717) is 178 Å². The van der Waals surface area contributed by atoms with Gasteiger partial charge in [-0.3, -0.25) is 8.37 Å². The molecule has 5 aromatic rings. The second-order valence-corrected chi connectivity index (χ2v) is 22.3. The van der Waals surface area contributed by atoms with Crippen LogP contribution in [0.1, 0.15) is 27.8 Å². The van der Waals surface area contributed by atoms with E-state index >= 15 is 0 Å². The minimum atomic E-state index is -3.78. The van der Waals surface area contributed by atoms with Crippen molar-refractivity contribution in [2.24, 2.45) is 0 Å². The van der Waals surface area contributed by atoms with Crippen molar-refractivity contribution in [2.75, 3.05) is 211 Å². The van der Waals surface area contributed by atoms with Crippen LogP contribution in [-0.2, 0) is 105 Å². The summed E-state index contributed by atoms with van der Waals surface area (Å²) in [7, 11) is -7.54. The largest absolute Gasteiger partial charge is 0.394 e. The van der Waals surface area contributed by atoms with Crippen molar-refractivity contribution in [1.29, 1.82) is 0 Å². The highest BCUT2D eigenvalue weighted by atomic mass is 32.2. The molecule has 0 atom stereocenters. The molecule has 0 saturated heterocycles. The number of rotatable bonds is 55. The first-order valence-electron chi connectivity index (χ1n) is 30.0. The number of hydrogen-bond acceptors (Lipinski definition) is 22. The van der Waals surface area contributed by atoms with Gasteiger partial charge in [0.05, 0.1) is 221 Å². The average Bonchev–Trinajstić information content (AvgIpc) is 1.38. The Labute approximate surface area is 527 Å². The molecule has 89 heavy (non-hydrogen) atoms. The van der Waals surface area contributed by atoms with Crippen LogP contribution in [0, 0.1) is 13.8 Å². The maximum atomic E-state index is 12.1. The van der Waals surface area contributed by atoms with Gasteiger partial charge < -0.3 is 76.2 Å². The fraction of sp³-hybridized carbons (Fsp3) is 0.538. The molecular weight excluding hydrogens is 1200 g/mol. The average molecular weight is 1290 g/mol. The maximum absolute atomic E-state index is 12.1. The molecule has 0 aliphatic rings. The highest BCUT2D eigenvalue weighted by molar-refractivity contribution is 7.87. The first-order valence-corrected chi connectivity index (χ1v) is 32.8. The topological polar surface area (TPSA) is 245 Å². The Bertz CT molecular complexity index is 2560. The third kappa shape index (κ3) is 35.1. The molecular formula is C65H94O22S2. The predicted octanol–water partition coefficient (Wildman–Crippen LogP) is 6.63. The zero-order valence-corrected chi connectivity index (χ0v) is 53.4. The fourth-order valence-corrected chi connectivity index (χ4v) is 9.67. The van der Waals surface area contributed by atoms with Crippen molar-refractivity contribution in [3.8, 4) is 0 Å². The molecule has 0 heterocycles. The molecule has 0 fully saturated rings. The highest BCUT2D eigenvalue weighted by Gasteiger charge is 2.37. The van der Waals surface area contributed by atoms with Crippen LogP contribution >= 0.6 is 0 Å². The molecule has 22 nitrogen and oxygen atoms in total. The summed E-state index contributed by atoms with van der Waals surface area (Å²) in [5.74, 6) is 0. The van der Waals surface area contributed by atoms with E-state index in [1.807, 2.05) is 68.4 Å². The molecule has 1 N–H and O–H groups in total. The summed E-state index contributed by atoms with van der Waals surface area (Å²) in [6.45, 7) is 15.8. The van der Waals surface area contributed by atoms with Gasteiger partial charge in [0.1, 0.15) is 5.60 Å². The van der Waals surface area contributed by atoms with E-state index in [0.717, 1.165) is 27.8 Å². The molecule has 0 bridgehead atoms. The number of ether oxygens (including phenoxy) is 15. The van der Waals surface area contributed by atoms with Crippen molar-refractivity contribution < 1.29 is 101 Å². The molecule has 5 aromatic carbocycles. The van der Waals surface area contributed by atoms with E-state index in [1.54, 1.807) is 24.3 Å². The van der Waals surface area contributed by atoms with Crippen molar-refractivity contribution in [2.45, 2.75) is 29.2 Å². The lowest BCUT2D eigenvalue weighted by Gasteiger charge is -2.36. The Morgan fingerprint density at radius 3 is 0.697 bits per heavy atom. The van der Waals surface area contributed by atoms with E-state index in [9.17, 15) is 16.8 Å². The van der Waals surface area contributed by atoms with Gasteiger partial charge in [0, 0.05) is 0 Å². The minimum Gasteiger partial charge on any atom is -0.394 e. The number of aliphatic hydroxyl groups is 1. The first kappa shape index (κ1) is 76.7. The monoisotopic (exact) mass is 1290 g/mol. The van der Waals surface area contributed by atoms with E-state index in [1.165, 1.54) is 24.3 Å². The van der Waals surface area contributed by atoms with Gasteiger partial charge in [-0.1, -0.05) is 126 Å². The summed E-state index contributed by atoms with van der Waals surface area (Å²) >= 11 is 0. The van der Waals surface area contributed by atoms with Crippen LogP contribution in [-0.4, -0.2) is 233 Å². The summed E-state index contributed by atoms with van der Waals surface area (Å²) in [5.41, 5.74) is 4.36. The number of benzene rings is 5. The lowest BCUT2D eigenvalue weighted by Crippen LogP contribution is -2.34. The number of hydrogen-bond donors (Lipinski definition) is 1. The molecule has 0 aromatic heterocycles. The van der Waals surface area contributed by atoms with E-state index in [-0.39, 0.29) is 42.8 Å². The quantitative estimate of drug-likeness (QED) is 0.0244. The van der Waals surface area contributed by atoms with Crippen molar-refractivity contribution in [3.05, 3.63) is 167 Å². The Morgan fingerprint density at radius 1 is 0.270 bits per heavy atom. The van der Waals surface area contributed by atoms with Gasteiger partial charge in [0.15, 0.2) is 0 Å². The summed E-state index contributed by atoms with van der Waals surface area (Å²) < 4.78 is 141. The SMILES string of the molecule is Cc1ccc(S(=O)(=O)OCCOCCOCCOCCOCCOCCOCCOCCO)cc1.Cc1ccc(S(=O)(=O)OCCOCCOCCOCCOCCOCCOCCOCCOC(c2ccccc2)(c2ccccc2)c2ccccc2)cc1. The van der Waals surface area contributed by atoms with Crippen LogP contribution in [0.4, 0.5) is 0 Å². The Balaban J connectivity index is 0.000000419.